The van der Waals surface area contributed by atoms with E-state index in [4.69, 9.17) is 0 Å². The van der Waals surface area contributed by atoms with Crippen LogP contribution in [-0.4, -0.2) is 18.7 Å². The molecule has 0 unspecified atom stereocenters. The van der Waals surface area contributed by atoms with Crippen LogP contribution in [0.15, 0.2) is 59.8 Å². The Morgan fingerprint density at radius 2 is 1.28 bits per heavy atom. The van der Waals surface area contributed by atoms with Crippen molar-refractivity contribution in [2.75, 3.05) is 5.75 Å². The second kappa shape index (κ2) is 15.5. The van der Waals surface area contributed by atoms with Crippen molar-refractivity contribution in [1.82, 2.24) is 0 Å². The molecule has 162 valence electrons. The molecule has 0 aliphatic rings. The number of hydrogen-bond donors (Lipinski definition) is 1. The van der Waals surface area contributed by atoms with E-state index >= 15 is 0 Å². The van der Waals surface area contributed by atoms with E-state index in [1.54, 1.807) is 12.1 Å². The third-order valence-electron chi connectivity index (χ3n) is 4.66. The van der Waals surface area contributed by atoms with Crippen molar-refractivity contribution in [1.29, 1.82) is 0 Å². The minimum Gasteiger partial charge on any atom is -0.744 e. The maximum absolute atomic E-state index is 10.4. The Morgan fingerprint density at radius 1 is 0.793 bits per heavy atom. The highest BCUT2D eigenvalue weighted by atomic mass is 32.2. The molecule has 2 aromatic rings. The van der Waals surface area contributed by atoms with Gasteiger partial charge in [0.25, 0.3) is 0 Å². The molecule has 1 aromatic carbocycles. The molecule has 0 radical (unpaired) electrons. The highest BCUT2D eigenvalue weighted by Crippen LogP contribution is 2.10. The standard InChI is InChI=1S/C16H27NS.C7H8O3S/c18-16-12-7-5-3-1-2-4-6-9-13-17-14-10-8-11-15-17;1-6-2-4-7(5-3-6)11(8,9)10/h8,10-11,14-15H,1-7,9,12-13,16H2;2-5H,1H3,(H,8,9,10). The molecule has 0 saturated heterocycles. The van der Waals surface area contributed by atoms with Crippen LogP contribution < -0.4 is 4.57 Å². The minimum atomic E-state index is -4.27. The molecule has 0 fully saturated rings. The van der Waals surface area contributed by atoms with Gasteiger partial charge >= 0.3 is 0 Å². The van der Waals surface area contributed by atoms with Crippen molar-refractivity contribution in [3.63, 3.8) is 0 Å². The number of unbranched alkanes of at least 4 members (excludes halogenated alkanes) is 8. The van der Waals surface area contributed by atoms with Gasteiger partial charge in [-0.15, -0.1) is 0 Å². The summed E-state index contributed by atoms with van der Waals surface area (Å²) in [6.45, 7) is 2.99. The number of aromatic nitrogens is 1. The summed E-state index contributed by atoms with van der Waals surface area (Å²) in [4.78, 5) is -0.178. The number of aryl methyl sites for hydroxylation is 2. The van der Waals surface area contributed by atoms with E-state index in [1.807, 2.05) is 6.92 Å². The SMILES string of the molecule is Cc1ccc(S(=O)(=O)[O-])cc1.SCCCCCCCCCCC[n+]1ccccc1. The largest absolute Gasteiger partial charge is 0.744 e. The van der Waals surface area contributed by atoms with Crippen LogP contribution in [0.25, 0.3) is 0 Å². The Bertz CT molecular complexity index is 747. The van der Waals surface area contributed by atoms with Crippen molar-refractivity contribution < 1.29 is 17.5 Å². The van der Waals surface area contributed by atoms with Crippen LogP contribution in [0, 0.1) is 6.92 Å². The lowest BCUT2D eigenvalue weighted by Crippen LogP contribution is -2.32. The van der Waals surface area contributed by atoms with Gasteiger partial charge in [0.05, 0.1) is 4.90 Å². The zero-order valence-corrected chi connectivity index (χ0v) is 19.2. The molecule has 6 heteroatoms. The van der Waals surface area contributed by atoms with Gasteiger partial charge in [-0.1, -0.05) is 62.3 Å². The molecule has 1 heterocycles. The van der Waals surface area contributed by atoms with E-state index in [0.717, 1.165) is 11.3 Å². The van der Waals surface area contributed by atoms with Crippen LogP contribution in [0.1, 0.15) is 63.4 Å². The maximum Gasteiger partial charge on any atom is 0.168 e. The van der Waals surface area contributed by atoms with E-state index in [0.29, 0.717) is 0 Å². The maximum atomic E-state index is 10.4. The van der Waals surface area contributed by atoms with E-state index in [-0.39, 0.29) is 4.90 Å². The number of pyridine rings is 1. The lowest BCUT2D eigenvalue weighted by atomic mass is 10.1. The summed E-state index contributed by atoms with van der Waals surface area (Å²) in [5.41, 5.74) is 0.928. The van der Waals surface area contributed by atoms with Crippen molar-refractivity contribution >= 4 is 22.7 Å². The number of rotatable bonds is 12. The molecule has 4 nitrogen and oxygen atoms in total. The Balaban J connectivity index is 0.000000326. The molecule has 0 spiro atoms. The van der Waals surface area contributed by atoms with E-state index in [1.165, 1.54) is 76.5 Å². The van der Waals surface area contributed by atoms with E-state index in [2.05, 4.69) is 47.8 Å². The predicted molar refractivity (Wildman–Crippen MR) is 121 cm³/mol. The van der Waals surface area contributed by atoms with Crippen LogP contribution >= 0.6 is 12.6 Å². The molecule has 29 heavy (non-hydrogen) atoms. The van der Waals surface area contributed by atoms with Crippen LogP contribution in [0.2, 0.25) is 0 Å². The van der Waals surface area contributed by atoms with E-state index < -0.39 is 10.1 Å². The average Bonchev–Trinajstić information content (AvgIpc) is 2.70. The second-order valence-corrected chi connectivity index (χ2v) is 9.11. The third kappa shape index (κ3) is 13.5. The van der Waals surface area contributed by atoms with Gasteiger partial charge in [-0.25, -0.2) is 13.0 Å². The molecule has 0 saturated carbocycles. The van der Waals surface area contributed by atoms with Gasteiger partial charge in [0, 0.05) is 18.6 Å². The molecule has 0 aliphatic carbocycles. The molecule has 0 atom stereocenters. The Kier molecular flexibility index (Phi) is 13.7. The quantitative estimate of drug-likeness (QED) is 0.212. The van der Waals surface area contributed by atoms with E-state index in [9.17, 15) is 13.0 Å². The molecule has 0 aliphatic heterocycles. The third-order valence-corrected chi connectivity index (χ3v) is 5.83. The molecule has 0 bridgehead atoms. The number of hydrogen-bond acceptors (Lipinski definition) is 4. The van der Waals surface area contributed by atoms with Crippen LogP contribution in [0.4, 0.5) is 0 Å². The summed E-state index contributed by atoms with van der Waals surface area (Å²) in [5, 5.41) is 0. The first-order valence-electron chi connectivity index (χ1n) is 10.5. The van der Waals surface area contributed by atoms with Crippen LogP contribution in [0.3, 0.4) is 0 Å². The fourth-order valence-corrected chi connectivity index (χ4v) is 3.62. The summed E-state index contributed by atoms with van der Waals surface area (Å²) in [6, 6.07) is 12.1. The van der Waals surface area contributed by atoms with Gasteiger partial charge in [0.2, 0.25) is 0 Å². The van der Waals surface area contributed by atoms with Gasteiger partial charge < -0.3 is 4.55 Å². The average molecular weight is 438 g/mol. The van der Waals surface area contributed by atoms with Crippen molar-refractivity contribution in [2.24, 2.45) is 0 Å². The monoisotopic (exact) mass is 437 g/mol. The summed E-state index contributed by atoms with van der Waals surface area (Å²) >= 11 is 4.23. The Labute approximate surface area is 182 Å². The van der Waals surface area contributed by atoms with Crippen molar-refractivity contribution in [3.8, 4) is 0 Å². The molecule has 1 aromatic heterocycles. The topological polar surface area (TPSA) is 61.1 Å². The number of thiol groups is 1. The summed E-state index contributed by atoms with van der Waals surface area (Å²) < 4.78 is 33.4. The zero-order chi connectivity index (χ0) is 21.4. The Hall–Kier alpha value is -1.37. The van der Waals surface area contributed by atoms with Crippen molar-refractivity contribution in [3.05, 3.63) is 60.4 Å². The summed E-state index contributed by atoms with van der Waals surface area (Å²) in [5.74, 6) is 1.05. The lowest BCUT2D eigenvalue weighted by molar-refractivity contribution is -0.697. The molecular formula is C23H35NO3S2. The number of benzene rings is 1. The van der Waals surface area contributed by atoms with Gasteiger partial charge in [-0.2, -0.15) is 12.6 Å². The second-order valence-electron chi connectivity index (χ2n) is 7.29. The smallest absolute Gasteiger partial charge is 0.168 e. The first-order chi connectivity index (χ1) is 13.9. The van der Waals surface area contributed by atoms with Crippen LogP contribution in [-0.2, 0) is 16.7 Å². The van der Waals surface area contributed by atoms with Crippen molar-refractivity contribution in [2.45, 2.75) is 76.2 Å². The highest BCUT2D eigenvalue weighted by molar-refractivity contribution is 7.85. The normalized spacial score (nSPS) is 11.0. The molecule has 0 amide bonds. The van der Waals surface area contributed by atoms with Gasteiger partial charge in [0.15, 0.2) is 12.4 Å². The molecular weight excluding hydrogens is 402 g/mol. The fourth-order valence-electron chi connectivity index (χ4n) is 2.93. The lowest BCUT2D eigenvalue weighted by Gasteiger charge is -2.05. The zero-order valence-electron chi connectivity index (χ0n) is 17.5. The Morgan fingerprint density at radius 3 is 1.76 bits per heavy atom. The first-order valence-corrected chi connectivity index (χ1v) is 12.5. The van der Waals surface area contributed by atoms with Gasteiger partial charge in [-0.3, -0.25) is 0 Å². The van der Waals surface area contributed by atoms with Gasteiger partial charge in [-0.05, 0) is 37.7 Å². The minimum absolute atomic E-state index is 0.178. The highest BCUT2D eigenvalue weighted by Gasteiger charge is 1.98. The first kappa shape index (κ1) is 25.7. The van der Waals surface area contributed by atoms with Gasteiger partial charge in [0.1, 0.15) is 16.7 Å². The summed E-state index contributed by atoms with van der Waals surface area (Å²) in [7, 11) is -4.27. The molecule has 2 rings (SSSR count). The fraction of sp³-hybridized carbons (Fsp3) is 0.522. The van der Waals surface area contributed by atoms with Crippen LogP contribution in [0.5, 0.6) is 0 Å². The number of nitrogens with zero attached hydrogens (tertiary/aromatic N) is 1. The molecule has 0 N–H and O–H groups in total. The predicted octanol–water partition coefficient (Wildman–Crippen LogP) is 5.31. The summed E-state index contributed by atoms with van der Waals surface area (Å²) in [6.07, 6.45) is 16.7.